The molecular formula is C17H23Br3O4. The van der Waals surface area contributed by atoms with E-state index in [-0.39, 0.29) is 12.4 Å². The van der Waals surface area contributed by atoms with E-state index in [2.05, 4.69) is 52.5 Å². The summed E-state index contributed by atoms with van der Waals surface area (Å²) in [6.07, 6.45) is 10.3. The van der Waals surface area contributed by atoms with Crippen LogP contribution in [0.15, 0.2) is 44.3 Å². The number of carbonyl (C=O) groups is 1. The number of aliphatic hydroxyl groups excluding tert-OH is 2. The Morgan fingerprint density at radius 2 is 1.96 bits per heavy atom. The van der Waals surface area contributed by atoms with Crippen LogP contribution in [0.3, 0.4) is 0 Å². The summed E-state index contributed by atoms with van der Waals surface area (Å²) in [6, 6.07) is 0. The third-order valence-corrected chi connectivity index (χ3v) is 4.66. The van der Waals surface area contributed by atoms with Crippen LogP contribution in [0.25, 0.3) is 0 Å². The lowest BCUT2D eigenvalue weighted by atomic mass is 10.1. The van der Waals surface area contributed by atoms with E-state index in [0.29, 0.717) is 23.7 Å². The van der Waals surface area contributed by atoms with Gasteiger partial charge in [-0.2, -0.15) is 0 Å². The minimum Gasteiger partial charge on any atom is -0.469 e. The molecule has 136 valence electrons. The van der Waals surface area contributed by atoms with E-state index < -0.39 is 12.2 Å². The summed E-state index contributed by atoms with van der Waals surface area (Å²) < 4.78 is 6.11. The third-order valence-electron chi connectivity index (χ3n) is 3.02. The molecule has 0 aliphatic heterocycles. The second-order valence-electron chi connectivity index (χ2n) is 4.95. The molecule has 2 N–H and O–H groups in total. The second kappa shape index (κ2) is 15.1. The zero-order valence-electron chi connectivity index (χ0n) is 13.5. The molecule has 0 spiro atoms. The topological polar surface area (TPSA) is 66.8 Å². The molecule has 0 aromatic heterocycles. The number of carbonyl (C=O) groups excluding carboxylic acids is 1. The van der Waals surface area contributed by atoms with Crippen LogP contribution in [0, 0.1) is 0 Å². The van der Waals surface area contributed by atoms with Gasteiger partial charge in [0.1, 0.15) is 0 Å². The van der Waals surface area contributed by atoms with E-state index >= 15 is 0 Å². The van der Waals surface area contributed by atoms with E-state index in [1.807, 2.05) is 12.2 Å². The quantitative estimate of drug-likeness (QED) is 0.296. The molecule has 0 rings (SSSR count). The first-order valence-electron chi connectivity index (χ1n) is 7.50. The Kier molecular flexibility index (Phi) is 14.9. The summed E-state index contributed by atoms with van der Waals surface area (Å²) in [5.41, 5.74) is 0. The van der Waals surface area contributed by atoms with Crippen molar-refractivity contribution in [2.24, 2.45) is 0 Å². The van der Waals surface area contributed by atoms with E-state index in [9.17, 15) is 15.0 Å². The number of halogens is 3. The van der Waals surface area contributed by atoms with Crippen LogP contribution in [-0.4, -0.2) is 35.5 Å². The van der Waals surface area contributed by atoms with Crippen LogP contribution in [0.1, 0.15) is 32.1 Å². The SMILES string of the molecule is COC(=O)CCC[C@H](O)/C(Br)=C/C=C/[C@@H](O)CC/C=C(Br)/C=C\Br. The lowest BCUT2D eigenvalue weighted by molar-refractivity contribution is -0.140. The zero-order chi connectivity index (χ0) is 18.4. The predicted octanol–water partition coefficient (Wildman–Crippen LogP) is 4.85. The van der Waals surface area contributed by atoms with Gasteiger partial charge in [-0.15, -0.1) is 0 Å². The Bertz CT molecular complexity index is 484. The van der Waals surface area contributed by atoms with Gasteiger partial charge in [0.25, 0.3) is 0 Å². The second-order valence-corrected chi connectivity index (χ2v) is 7.31. The molecule has 0 saturated heterocycles. The Labute approximate surface area is 168 Å². The van der Waals surface area contributed by atoms with Crippen molar-refractivity contribution in [3.63, 3.8) is 0 Å². The number of methoxy groups -OCH3 is 1. The van der Waals surface area contributed by atoms with Crippen molar-refractivity contribution >= 4 is 53.8 Å². The van der Waals surface area contributed by atoms with Crippen molar-refractivity contribution in [3.8, 4) is 0 Å². The molecule has 7 heteroatoms. The third kappa shape index (κ3) is 13.1. The molecule has 0 aliphatic rings. The Morgan fingerprint density at radius 1 is 1.25 bits per heavy atom. The Balaban J connectivity index is 4.17. The highest BCUT2D eigenvalue weighted by molar-refractivity contribution is 9.12. The molecule has 0 saturated carbocycles. The largest absolute Gasteiger partial charge is 0.469 e. The minimum atomic E-state index is -0.675. The highest BCUT2D eigenvalue weighted by Crippen LogP contribution is 2.17. The van der Waals surface area contributed by atoms with Gasteiger partial charge in [0.15, 0.2) is 0 Å². The molecule has 0 aromatic rings. The number of esters is 1. The highest BCUT2D eigenvalue weighted by Gasteiger charge is 2.09. The van der Waals surface area contributed by atoms with Crippen LogP contribution >= 0.6 is 47.8 Å². The van der Waals surface area contributed by atoms with Crippen molar-refractivity contribution in [2.75, 3.05) is 7.11 Å². The van der Waals surface area contributed by atoms with Crippen molar-refractivity contribution < 1.29 is 19.7 Å². The molecule has 24 heavy (non-hydrogen) atoms. The van der Waals surface area contributed by atoms with Gasteiger partial charge in [-0.05, 0) is 42.8 Å². The Hall–Kier alpha value is -0.210. The molecule has 4 nitrogen and oxygen atoms in total. The number of hydrogen-bond donors (Lipinski definition) is 2. The monoisotopic (exact) mass is 528 g/mol. The number of allylic oxidation sites excluding steroid dienone is 5. The molecule has 0 heterocycles. The summed E-state index contributed by atoms with van der Waals surface area (Å²) in [7, 11) is 1.34. The predicted molar refractivity (Wildman–Crippen MR) is 108 cm³/mol. The number of rotatable bonds is 11. The molecule has 0 amide bonds. The van der Waals surface area contributed by atoms with Crippen molar-refractivity contribution in [2.45, 2.75) is 44.3 Å². The van der Waals surface area contributed by atoms with Gasteiger partial charge in [-0.1, -0.05) is 66.0 Å². The van der Waals surface area contributed by atoms with E-state index in [4.69, 9.17) is 0 Å². The lowest BCUT2D eigenvalue weighted by Gasteiger charge is -2.08. The summed E-state index contributed by atoms with van der Waals surface area (Å²) in [5, 5.41) is 19.8. The van der Waals surface area contributed by atoms with Crippen molar-refractivity contribution in [1.29, 1.82) is 0 Å². The molecule has 0 aromatic carbocycles. The highest BCUT2D eigenvalue weighted by atomic mass is 79.9. The zero-order valence-corrected chi connectivity index (χ0v) is 18.3. The smallest absolute Gasteiger partial charge is 0.305 e. The van der Waals surface area contributed by atoms with Crippen LogP contribution in [-0.2, 0) is 9.53 Å². The summed E-state index contributed by atoms with van der Waals surface area (Å²) in [5.74, 6) is -0.280. The van der Waals surface area contributed by atoms with Crippen LogP contribution in [0.2, 0.25) is 0 Å². The number of ether oxygens (including phenoxy) is 1. The maximum atomic E-state index is 11.0. The standard InChI is InChI=1S/C17H23Br3O4/c1-24-17(23)10-4-9-16(22)15(20)8-3-7-14(21)6-2-5-13(19)11-12-18/h3,5,7-8,11-12,14,16,21-22H,2,4,6,9-10H2,1H3/b7-3+,12-11-,13-5-,15-8-/t14-,16-/m0/s1. The van der Waals surface area contributed by atoms with Gasteiger partial charge >= 0.3 is 5.97 Å². The van der Waals surface area contributed by atoms with Gasteiger partial charge in [0, 0.05) is 15.4 Å². The normalized spacial score (nSPS) is 15.9. The number of aliphatic hydroxyl groups is 2. The summed E-state index contributed by atoms with van der Waals surface area (Å²) in [6.45, 7) is 0. The van der Waals surface area contributed by atoms with Gasteiger partial charge < -0.3 is 14.9 Å². The molecule has 2 atom stereocenters. The summed E-state index contributed by atoms with van der Waals surface area (Å²) >= 11 is 9.87. The minimum absolute atomic E-state index is 0.280. The maximum Gasteiger partial charge on any atom is 0.305 e. The molecule has 0 radical (unpaired) electrons. The van der Waals surface area contributed by atoms with Gasteiger partial charge in [0.2, 0.25) is 0 Å². The molecule has 0 fully saturated rings. The molecule has 0 bridgehead atoms. The van der Waals surface area contributed by atoms with E-state index in [1.54, 1.807) is 23.2 Å². The van der Waals surface area contributed by atoms with Gasteiger partial charge in [0.05, 0.1) is 19.3 Å². The first-order valence-corrected chi connectivity index (χ1v) is 10.00. The fourth-order valence-electron chi connectivity index (χ4n) is 1.68. The Morgan fingerprint density at radius 3 is 2.58 bits per heavy atom. The lowest BCUT2D eigenvalue weighted by Crippen LogP contribution is -2.08. The van der Waals surface area contributed by atoms with Crippen LogP contribution in [0.5, 0.6) is 0 Å². The average Bonchev–Trinajstić information content (AvgIpc) is 2.54. The fraction of sp³-hybridized carbons (Fsp3) is 0.471. The average molecular weight is 531 g/mol. The van der Waals surface area contributed by atoms with Crippen LogP contribution in [0.4, 0.5) is 0 Å². The van der Waals surface area contributed by atoms with E-state index in [0.717, 1.165) is 10.9 Å². The molecule has 0 aliphatic carbocycles. The first kappa shape index (κ1) is 23.8. The van der Waals surface area contributed by atoms with Gasteiger partial charge in [-0.3, -0.25) is 4.79 Å². The maximum absolute atomic E-state index is 11.0. The van der Waals surface area contributed by atoms with Crippen molar-refractivity contribution in [1.82, 2.24) is 0 Å². The number of hydrogen-bond acceptors (Lipinski definition) is 4. The van der Waals surface area contributed by atoms with Gasteiger partial charge in [-0.25, -0.2) is 0 Å². The summed E-state index contributed by atoms with van der Waals surface area (Å²) in [4.78, 5) is 12.7. The fourth-order valence-corrected chi connectivity index (χ4v) is 3.07. The van der Waals surface area contributed by atoms with Crippen molar-refractivity contribution in [3.05, 3.63) is 44.3 Å². The molecule has 0 unspecified atom stereocenters. The first-order chi connectivity index (χ1) is 11.4. The molecular weight excluding hydrogens is 508 g/mol. The van der Waals surface area contributed by atoms with Crippen LogP contribution < -0.4 is 0 Å². The van der Waals surface area contributed by atoms with E-state index in [1.165, 1.54) is 7.11 Å².